The first kappa shape index (κ1) is 15.8. The zero-order valence-electron chi connectivity index (χ0n) is 13.7. The molecule has 0 aliphatic carbocycles. The standard InChI is InChI=1S/C19H17NO4/c1-12(21)20-17-7-5-4-6-15(17)16(19(20)22)11-13-10-14(23-2)8-9-18(13)24-3/h4-11H,1-3H3/b16-11-. The van der Waals surface area contributed by atoms with E-state index in [-0.39, 0.29) is 11.8 Å². The number of carbonyl (C=O) groups excluding carboxylic acids is 2. The highest BCUT2D eigenvalue weighted by Gasteiger charge is 2.34. The molecule has 0 N–H and O–H groups in total. The summed E-state index contributed by atoms with van der Waals surface area (Å²) in [5, 5.41) is 0. The van der Waals surface area contributed by atoms with Gasteiger partial charge in [0.05, 0.1) is 25.5 Å². The van der Waals surface area contributed by atoms with Crippen LogP contribution in [0.2, 0.25) is 0 Å². The van der Waals surface area contributed by atoms with Gasteiger partial charge in [0.1, 0.15) is 11.5 Å². The van der Waals surface area contributed by atoms with Gasteiger partial charge in [0, 0.05) is 18.1 Å². The molecule has 5 nitrogen and oxygen atoms in total. The number of para-hydroxylation sites is 1. The predicted octanol–water partition coefficient (Wildman–Crippen LogP) is 3.14. The molecule has 0 unspecified atom stereocenters. The average molecular weight is 323 g/mol. The van der Waals surface area contributed by atoms with Crippen molar-refractivity contribution >= 4 is 29.2 Å². The number of rotatable bonds is 3. The number of ether oxygens (including phenoxy) is 2. The molecule has 2 aromatic rings. The Kier molecular flexibility index (Phi) is 4.08. The van der Waals surface area contributed by atoms with E-state index in [4.69, 9.17) is 9.47 Å². The number of hydrogen-bond acceptors (Lipinski definition) is 4. The van der Waals surface area contributed by atoms with Gasteiger partial charge in [-0.15, -0.1) is 0 Å². The summed E-state index contributed by atoms with van der Waals surface area (Å²) in [6.07, 6.45) is 1.73. The van der Waals surface area contributed by atoms with Crippen molar-refractivity contribution in [3.05, 3.63) is 53.6 Å². The molecule has 0 aromatic heterocycles. The summed E-state index contributed by atoms with van der Waals surface area (Å²) >= 11 is 0. The molecule has 0 spiro atoms. The first-order valence-electron chi connectivity index (χ1n) is 7.45. The van der Waals surface area contributed by atoms with Gasteiger partial charge in [-0.3, -0.25) is 9.59 Å². The van der Waals surface area contributed by atoms with Crippen molar-refractivity contribution in [3.8, 4) is 11.5 Å². The Morgan fingerprint density at radius 2 is 1.83 bits per heavy atom. The second-order valence-electron chi connectivity index (χ2n) is 5.34. The molecule has 1 aliphatic heterocycles. The summed E-state index contributed by atoms with van der Waals surface area (Å²) in [5.41, 5.74) is 2.48. The molecule has 0 fully saturated rings. The maximum absolute atomic E-state index is 12.7. The Bertz CT molecular complexity index is 854. The van der Waals surface area contributed by atoms with Crippen LogP contribution < -0.4 is 14.4 Å². The summed E-state index contributed by atoms with van der Waals surface area (Å²) in [4.78, 5) is 25.8. The summed E-state index contributed by atoms with van der Waals surface area (Å²) in [6.45, 7) is 1.38. The van der Waals surface area contributed by atoms with Gasteiger partial charge < -0.3 is 9.47 Å². The smallest absolute Gasteiger partial charge is 0.265 e. The fourth-order valence-electron chi connectivity index (χ4n) is 2.80. The van der Waals surface area contributed by atoms with Crippen LogP contribution in [0.1, 0.15) is 18.1 Å². The molecular weight excluding hydrogens is 306 g/mol. The molecule has 122 valence electrons. The van der Waals surface area contributed by atoms with Crippen LogP contribution in [-0.2, 0) is 9.59 Å². The summed E-state index contributed by atoms with van der Waals surface area (Å²) < 4.78 is 10.6. The maximum atomic E-state index is 12.7. The van der Waals surface area contributed by atoms with Gasteiger partial charge in [-0.05, 0) is 30.3 Å². The molecule has 1 heterocycles. The number of nitrogens with zero attached hydrogens (tertiary/aromatic N) is 1. The van der Waals surface area contributed by atoms with Gasteiger partial charge in [-0.25, -0.2) is 4.90 Å². The first-order chi connectivity index (χ1) is 11.6. The van der Waals surface area contributed by atoms with Gasteiger partial charge in [-0.1, -0.05) is 18.2 Å². The molecule has 2 amide bonds. The van der Waals surface area contributed by atoms with Crippen LogP contribution in [0, 0.1) is 0 Å². The number of imide groups is 1. The second kappa shape index (κ2) is 6.20. The Balaban J connectivity index is 2.18. The fraction of sp³-hybridized carbons (Fsp3) is 0.158. The SMILES string of the molecule is COc1ccc(OC)c(/C=C2\C(=O)N(C(C)=O)c3ccccc32)c1. The number of hydrogen-bond donors (Lipinski definition) is 0. The number of methoxy groups -OCH3 is 2. The van der Waals surface area contributed by atoms with Crippen LogP contribution in [0.15, 0.2) is 42.5 Å². The van der Waals surface area contributed by atoms with E-state index < -0.39 is 0 Å². The highest BCUT2D eigenvalue weighted by atomic mass is 16.5. The Morgan fingerprint density at radius 3 is 2.50 bits per heavy atom. The largest absolute Gasteiger partial charge is 0.497 e. The van der Waals surface area contributed by atoms with Gasteiger partial charge in [0.2, 0.25) is 5.91 Å². The molecule has 1 aliphatic rings. The molecule has 24 heavy (non-hydrogen) atoms. The van der Waals surface area contributed by atoms with E-state index in [0.717, 1.165) is 5.56 Å². The van der Waals surface area contributed by atoms with Crippen molar-refractivity contribution in [1.29, 1.82) is 0 Å². The number of benzene rings is 2. The summed E-state index contributed by atoms with van der Waals surface area (Å²) in [5.74, 6) is 0.627. The van der Waals surface area contributed by atoms with E-state index in [2.05, 4.69) is 0 Å². The lowest BCUT2D eigenvalue weighted by atomic mass is 10.0. The number of fused-ring (bicyclic) bond motifs is 1. The lowest BCUT2D eigenvalue weighted by Crippen LogP contribution is -2.31. The third-order valence-corrected chi connectivity index (χ3v) is 3.92. The van der Waals surface area contributed by atoms with Gasteiger partial charge in [0.25, 0.3) is 5.91 Å². The minimum atomic E-state index is -0.339. The van der Waals surface area contributed by atoms with Crippen LogP contribution >= 0.6 is 0 Å². The van der Waals surface area contributed by atoms with Crippen molar-refractivity contribution in [1.82, 2.24) is 0 Å². The zero-order chi connectivity index (χ0) is 17.3. The lowest BCUT2D eigenvalue weighted by molar-refractivity contribution is -0.122. The van der Waals surface area contributed by atoms with Crippen LogP contribution in [0.25, 0.3) is 11.6 Å². The van der Waals surface area contributed by atoms with E-state index >= 15 is 0 Å². The molecule has 0 saturated carbocycles. The van der Waals surface area contributed by atoms with Gasteiger partial charge in [-0.2, -0.15) is 0 Å². The molecule has 5 heteroatoms. The predicted molar refractivity (Wildman–Crippen MR) is 92.0 cm³/mol. The molecule has 0 atom stereocenters. The summed E-state index contributed by atoms with van der Waals surface area (Å²) in [7, 11) is 3.14. The minimum absolute atomic E-state index is 0.312. The van der Waals surface area contributed by atoms with E-state index in [1.165, 1.54) is 11.8 Å². The highest BCUT2D eigenvalue weighted by Crippen LogP contribution is 2.39. The van der Waals surface area contributed by atoms with Crippen molar-refractivity contribution < 1.29 is 19.1 Å². The van der Waals surface area contributed by atoms with Gasteiger partial charge >= 0.3 is 0 Å². The minimum Gasteiger partial charge on any atom is -0.497 e. The highest BCUT2D eigenvalue weighted by molar-refractivity contribution is 6.42. The fourth-order valence-corrected chi connectivity index (χ4v) is 2.80. The van der Waals surface area contributed by atoms with Crippen LogP contribution in [0.5, 0.6) is 11.5 Å². The molecule has 2 aromatic carbocycles. The molecular formula is C19H17NO4. The number of carbonyl (C=O) groups is 2. The van der Waals surface area contributed by atoms with Crippen molar-refractivity contribution in [2.24, 2.45) is 0 Å². The topological polar surface area (TPSA) is 55.8 Å². The van der Waals surface area contributed by atoms with Crippen molar-refractivity contribution in [2.75, 3.05) is 19.1 Å². The second-order valence-corrected chi connectivity index (χ2v) is 5.34. The van der Waals surface area contributed by atoms with Crippen LogP contribution in [0.4, 0.5) is 5.69 Å². The average Bonchev–Trinajstić information content (AvgIpc) is 2.87. The normalized spacial score (nSPS) is 14.7. The number of anilines is 1. The van der Waals surface area contributed by atoms with E-state index in [9.17, 15) is 9.59 Å². The van der Waals surface area contributed by atoms with E-state index in [0.29, 0.717) is 28.3 Å². The Morgan fingerprint density at radius 1 is 1.08 bits per heavy atom. The number of amides is 2. The quantitative estimate of drug-likeness (QED) is 0.814. The molecule has 0 saturated heterocycles. The van der Waals surface area contributed by atoms with Gasteiger partial charge in [0.15, 0.2) is 0 Å². The molecule has 0 radical (unpaired) electrons. The van der Waals surface area contributed by atoms with Crippen LogP contribution in [-0.4, -0.2) is 26.0 Å². The summed E-state index contributed by atoms with van der Waals surface area (Å²) in [6, 6.07) is 12.6. The van der Waals surface area contributed by atoms with Crippen molar-refractivity contribution in [3.63, 3.8) is 0 Å². The third-order valence-electron chi connectivity index (χ3n) is 3.92. The van der Waals surface area contributed by atoms with E-state index in [1.54, 1.807) is 50.6 Å². The molecule has 3 rings (SSSR count). The van der Waals surface area contributed by atoms with Crippen molar-refractivity contribution in [2.45, 2.75) is 6.92 Å². The molecule has 0 bridgehead atoms. The van der Waals surface area contributed by atoms with Crippen LogP contribution in [0.3, 0.4) is 0 Å². The first-order valence-corrected chi connectivity index (χ1v) is 7.45. The monoisotopic (exact) mass is 323 g/mol. The zero-order valence-corrected chi connectivity index (χ0v) is 13.7. The Labute approximate surface area is 140 Å². The van der Waals surface area contributed by atoms with E-state index in [1.807, 2.05) is 12.1 Å². The lowest BCUT2D eigenvalue weighted by Gasteiger charge is -2.11. The maximum Gasteiger partial charge on any atom is 0.265 e. The Hall–Kier alpha value is -3.08. The third kappa shape index (κ3) is 2.54.